The van der Waals surface area contributed by atoms with Gasteiger partial charge in [-0.3, -0.25) is 9.69 Å². The summed E-state index contributed by atoms with van der Waals surface area (Å²) in [5, 5.41) is 11.7. The van der Waals surface area contributed by atoms with Crippen molar-refractivity contribution >= 4 is 17.2 Å². The van der Waals surface area contributed by atoms with Gasteiger partial charge in [-0.15, -0.1) is 0 Å². The van der Waals surface area contributed by atoms with E-state index in [-0.39, 0.29) is 5.91 Å². The third kappa shape index (κ3) is 4.42. The van der Waals surface area contributed by atoms with Crippen molar-refractivity contribution in [2.75, 3.05) is 19.6 Å². The van der Waals surface area contributed by atoms with E-state index in [1.807, 2.05) is 18.5 Å². The van der Waals surface area contributed by atoms with Gasteiger partial charge in [0.25, 0.3) is 0 Å². The second-order valence-corrected chi connectivity index (χ2v) is 7.17. The number of rotatable bonds is 7. The topological polar surface area (TPSA) is 63.1 Å². The monoisotopic (exact) mass is 347 g/mol. The highest BCUT2D eigenvalue weighted by molar-refractivity contribution is 7.07. The summed E-state index contributed by atoms with van der Waals surface area (Å²) in [6.45, 7) is 6.87. The van der Waals surface area contributed by atoms with Crippen molar-refractivity contribution in [1.82, 2.24) is 25.0 Å². The third-order valence-electron chi connectivity index (χ3n) is 4.51. The largest absolute Gasteiger partial charge is 0.355 e. The van der Waals surface area contributed by atoms with Crippen LogP contribution in [0.5, 0.6) is 0 Å². The van der Waals surface area contributed by atoms with Gasteiger partial charge < -0.3 is 5.32 Å². The summed E-state index contributed by atoms with van der Waals surface area (Å²) in [4.78, 5) is 18.8. The van der Waals surface area contributed by atoms with Crippen LogP contribution in [-0.2, 0) is 17.8 Å². The molecule has 1 atom stereocenters. The Morgan fingerprint density at radius 3 is 3.04 bits per heavy atom. The van der Waals surface area contributed by atoms with Gasteiger partial charge in [-0.05, 0) is 62.0 Å². The normalized spacial score (nSPS) is 18.2. The molecule has 1 aliphatic rings. The molecule has 1 fully saturated rings. The fourth-order valence-electron chi connectivity index (χ4n) is 3.27. The average Bonchev–Trinajstić information content (AvgIpc) is 3.24. The van der Waals surface area contributed by atoms with Crippen molar-refractivity contribution in [1.29, 1.82) is 0 Å². The molecule has 1 saturated heterocycles. The van der Waals surface area contributed by atoms with Crippen LogP contribution < -0.4 is 5.32 Å². The number of nitrogens with zero attached hydrogens (tertiary/aromatic N) is 4. The van der Waals surface area contributed by atoms with E-state index in [4.69, 9.17) is 0 Å². The molecule has 0 spiro atoms. The number of thiophene rings is 1. The number of carbonyl (C=O) groups excluding carboxylic acids is 1. The third-order valence-corrected chi connectivity index (χ3v) is 5.24. The molecule has 0 bridgehead atoms. The van der Waals surface area contributed by atoms with Crippen LogP contribution in [0.1, 0.15) is 30.1 Å². The molecule has 0 aliphatic carbocycles. The Morgan fingerprint density at radius 1 is 1.46 bits per heavy atom. The molecule has 1 aliphatic heterocycles. The van der Waals surface area contributed by atoms with Gasteiger partial charge in [-0.1, -0.05) is 0 Å². The van der Waals surface area contributed by atoms with E-state index >= 15 is 0 Å². The molecular formula is C17H25N5OS. The highest BCUT2D eigenvalue weighted by Gasteiger charge is 2.27. The van der Waals surface area contributed by atoms with E-state index in [1.165, 1.54) is 5.56 Å². The lowest BCUT2D eigenvalue weighted by Crippen LogP contribution is -2.42. The fraction of sp³-hybridized carbons (Fsp3) is 0.588. The molecule has 3 heterocycles. The van der Waals surface area contributed by atoms with Crippen LogP contribution in [0.15, 0.2) is 16.8 Å². The molecule has 0 saturated carbocycles. The first-order chi connectivity index (χ1) is 11.6. The predicted octanol–water partition coefficient (Wildman–Crippen LogP) is 1.78. The number of aromatic nitrogens is 3. The van der Waals surface area contributed by atoms with Crippen LogP contribution in [0, 0.1) is 13.8 Å². The Bertz CT molecular complexity index is 667. The number of carbonyl (C=O) groups is 1. The second kappa shape index (κ2) is 7.90. The Morgan fingerprint density at radius 2 is 2.33 bits per heavy atom. The number of nitrogens with one attached hydrogen (secondary N) is 1. The molecule has 24 heavy (non-hydrogen) atoms. The van der Waals surface area contributed by atoms with Crippen molar-refractivity contribution in [2.24, 2.45) is 0 Å². The lowest BCUT2D eigenvalue weighted by molar-refractivity contribution is -0.122. The van der Waals surface area contributed by atoms with E-state index in [1.54, 1.807) is 11.3 Å². The van der Waals surface area contributed by atoms with Crippen molar-refractivity contribution in [3.63, 3.8) is 0 Å². The number of aryl methyl sites for hydroxylation is 2. The Balaban J connectivity index is 1.46. The molecule has 6 nitrogen and oxygen atoms in total. The maximum Gasteiger partial charge on any atom is 0.234 e. The predicted molar refractivity (Wildman–Crippen MR) is 95.1 cm³/mol. The van der Waals surface area contributed by atoms with E-state index in [2.05, 4.69) is 37.1 Å². The van der Waals surface area contributed by atoms with E-state index in [9.17, 15) is 4.79 Å². The lowest BCUT2D eigenvalue weighted by atomic mass is 10.2. The fourth-order valence-corrected chi connectivity index (χ4v) is 3.97. The van der Waals surface area contributed by atoms with E-state index in [0.717, 1.165) is 44.0 Å². The summed E-state index contributed by atoms with van der Waals surface area (Å²) in [5.41, 5.74) is 1.29. The molecule has 7 heteroatoms. The molecular weight excluding hydrogens is 322 g/mol. The molecule has 0 aromatic carbocycles. The van der Waals surface area contributed by atoms with Crippen LogP contribution >= 0.6 is 11.3 Å². The Labute approximate surface area is 146 Å². The summed E-state index contributed by atoms with van der Waals surface area (Å²) in [6.07, 6.45) is 3.15. The summed E-state index contributed by atoms with van der Waals surface area (Å²) in [5.74, 6) is 1.87. The first-order valence-corrected chi connectivity index (χ1v) is 9.46. The standard InChI is InChI=1S/C17H25N5OS/c1-13-19-14(2)22(20-13)10-16-4-3-8-21(16)11-17(23)18-7-5-15-6-9-24-12-15/h6,9,12,16H,3-5,7-8,10-11H2,1-2H3,(H,18,23)/t16-/m0/s1. The minimum atomic E-state index is 0.114. The van der Waals surface area contributed by atoms with Gasteiger partial charge >= 0.3 is 0 Å². The van der Waals surface area contributed by atoms with Crippen LogP contribution in [0.4, 0.5) is 0 Å². The van der Waals surface area contributed by atoms with Crippen LogP contribution in [0.3, 0.4) is 0 Å². The van der Waals surface area contributed by atoms with Crippen LogP contribution in [0.2, 0.25) is 0 Å². The molecule has 1 N–H and O–H groups in total. The van der Waals surface area contributed by atoms with Gasteiger partial charge in [0.15, 0.2) is 0 Å². The zero-order valence-electron chi connectivity index (χ0n) is 14.4. The zero-order valence-corrected chi connectivity index (χ0v) is 15.2. The SMILES string of the molecule is Cc1nc(C)n(C[C@@H]2CCCN2CC(=O)NCCc2ccsc2)n1. The molecule has 0 unspecified atom stereocenters. The van der Waals surface area contributed by atoms with Crippen molar-refractivity contribution in [3.8, 4) is 0 Å². The van der Waals surface area contributed by atoms with Crippen LogP contribution in [-0.4, -0.2) is 51.2 Å². The number of hydrogen-bond acceptors (Lipinski definition) is 5. The van der Waals surface area contributed by atoms with E-state index in [0.29, 0.717) is 19.1 Å². The molecule has 1 amide bonds. The smallest absolute Gasteiger partial charge is 0.234 e. The second-order valence-electron chi connectivity index (χ2n) is 6.39. The number of amides is 1. The number of likely N-dealkylation sites (tertiary alicyclic amines) is 1. The van der Waals surface area contributed by atoms with Gasteiger partial charge in [0, 0.05) is 12.6 Å². The summed E-state index contributed by atoms with van der Waals surface area (Å²) in [7, 11) is 0. The molecule has 130 valence electrons. The lowest BCUT2D eigenvalue weighted by Gasteiger charge is -2.24. The summed E-state index contributed by atoms with van der Waals surface area (Å²) < 4.78 is 1.97. The molecule has 2 aromatic heterocycles. The number of hydrogen-bond donors (Lipinski definition) is 1. The van der Waals surface area contributed by atoms with Crippen molar-refractivity contribution < 1.29 is 4.79 Å². The van der Waals surface area contributed by atoms with Gasteiger partial charge in [0.1, 0.15) is 11.6 Å². The maximum atomic E-state index is 12.2. The van der Waals surface area contributed by atoms with E-state index < -0.39 is 0 Å². The minimum absolute atomic E-state index is 0.114. The van der Waals surface area contributed by atoms with Crippen LogP contribution in [0.25, 0.3) is 0 Å². The average molecular weight is 347 g/mol. The highest BCUT2D eigenvalue weighted by atomic mass is 32.1. The molecule has 0 radical (unpaired) electrons. The first kappa shape index (κ1) is 17.1. The van der Waals surface area contributed by atoms with Gasteiger partial charge in [0.2, 0.25) is 5.91 Å². The Hall–Kier alpha value is -1.73. The van der Waals surface area contributed by atoms with Gasteiger partial charge in [-0.2, -0.15) is 16.4 Å². The maximum absolute atomic E-state index is 12.2. The Kier molecular flexibility index (Phi) is 5.63. The van der Waals surface area contributed by atoms with Crippen molar-refractivity contribution in [3.05, 3.63) is 34.0 Å². The quantitative estimate of drug-likeness (QED) is 0.829. The van der Waals surface area contributed by atoms with Crippen molar-refractivity contribution in [2.45, 2.75) is 45.7 Å². The first-order valence-electron chi connectivity index (χ1n) is 8.51. The molecule has 2 aromatic rings. The minimum Gasteiger partial charge on any atom is -0.355 e. The summed E-state index contributed by atoms with van der Waals surface area (Å²) >= 11 is 1.69. The van der Waals surface area contributed by atoms with Gasteiger partial charge in [-0.25, -0.2) is 9.67 Å². The summed E-state index contributed by atoms with van der Waals surface area (Å²) in [6, 6.07) is 2.47. The zero-order chi connectivity index (χ0) is 16.9. The molecule has 3 rings (SSSR count). The van der Waals surface area contributed by atoms with Gasteiger partial charge in [0.05, 0.1) is 13.1 Å². The highest BCUT2D eigenvalue weighted by Crippen LogP contribution is 2.18.